The molecule has 1 aromatic rings. The first kappa shape index (κ1) is 15.3. The monoisotopic (exact) mass is 323 g/mol. The topological polar surface area (TPSA) is 69.7 Å². The number of sulfonamides is 1. The van der Waals surface area contributed by atoms with Crippen molar-refractivity contribution in [1.82, 2.24) is 9.21 Å². The lowest BCUT2D eigenvalue weighted by Crippen LogP contribution is -2.54. The van der Waals surface area contributed by atoms with Gasteiger partial charge in [-0.1, -0.05) is 12.1 Å². The minimum atomic E-state index is -3.77. The molecular formula is C15H21N3O3S. The molecule has 2 aliphatic heterocycles. The van der Waals surface area contributed by atoms with Gasteiger partial charge in [-0.05, 0) is 38.8 Å². The maximum absolute atomic E-state index is 12.8. The zero-order valence-electron chi connectivity index (χ0n) is 12.8. The van der Waals surface area contributed by atoms with Crippen LogP contribution >= 0.6 is 0 Å². The summed E-state index contributed by atoms with van der Waals surface area (Å²) in [5.41, 5.74) is 0.364. The fraction of sp³-hybridized carbons (Fsp3) is 0.533. The molecule has 0 unspecified atom stereocenters. The first-order valence-corrected chi connectivity index (χ1v) is 9.04. The molecule has 6 nitrogen and oxygen atoms in total. The second-order valence-corrected chi connectivity index (χ2v) is 7.87. The molecule has 0 aromatic heterocycles. The van der Waals surface area contributed by atoms with Crippen LogP contribution in [0.4, 0.5) is 10.5 Å². The molecule has 2 heterocycles. The van der Waals surface area contributed by atoms with Crippen LogP contribution in [0.2, 0.25) is 0 Å². The van der Waals surface area contributed by atoms with Crippen molar-refractivity contribution in [3.8, 4) is 0 Å². The predicted molar refractivity (Wildman–Crippen MR) is 84.2 cm³/mol. The number of amides is 2. The summed E-state index contributed by atoms with van der Waals surface area (Å²) in [5.74, 6) is 0. The van der Waals surface area contributed by atoms with E-state index in [9.17, 15) is 13.2 Å². The van der Waals surface area contributed by atoms with Gasteiger partial charge in [0.15, 0.2) is 0 Å². The predicted octanol–water partition coefficient (Wildman–Crippen LogP) is 2.10. The van der Waals surface area contributed by atoms with E-state index in [0.29, 0.717) is 24.6 Å². The van der Waals surface area contributed by atoms with E-state index in [1.807, 2.05) is 0 Å². The minimum Gasteiger partial charge on any atom is -0.306 e. The number of fused-ring (bicyclic) bond motifs is 1. The molecule has 7 heteroatoms. The number of rotatable bonds is 2. The summed E-state index contributed by atoms with van der Waals surface area (Å²) >= 11 is 0. The molecule has 0 aliphatic carbocycles. The summed E-state index contributed by atoms with van der Waals surface area (Å²) in [7, 11) is -3.77. The van der Waals surface area contributed by atoms with Crippen molar-refractivity contribution in [2.45, 2.75) is 43.7 Å². The molecule has 0 saturated carbocycles. The Kier molecular flexibility index (Phi) is 3.86. The Bertz CT molecular complexity index is 679. The molecule has 1 fully saturated rings. The molecule has 120 valence electrons. The highest BCUT2D eigenvalue weighted by Gasteiger charge is 2.42. The van der Waals surface area contributed by atoms with Gasteiger partial charge in [0.1, 0.15) is 4.90 Å². The van der Waals surface area contributed by atoms with Gasteiger partial charge in [-0.15, -0.1) is 0 Å². The summed E-state index contributed by atoms with van der Waals surface area (Å²) in [5, 5.41) is 2.69. The highest BCUT2D eigenvalue weighted by Crippen LogP contribution is 2.33. The van der Waals surface area contributed by atoms with E-state index in [1.165, 1.54) is 0 Å². The van der Waals surface area contributed by atoms with Crippen LogP contribution in [0.1, 0.15) is 26.7 Å². The van der Waals surface area contributed by atoms with E-state index in [1.54, 1.807) is 24.3 Å². The normalized spacial score (nSPS) is 22.5. The molecule has 0 spiro atoms. The molecule has 3 rings (SSSR count). The Morgan fingerprint density at radius 3 is 2.45 bits per heavy atom. The first-order chi connectivity index (χ1) is 10.4. The zero-order valence-corrected chi connectivity index (χ0v) is 13.6. The fourth-order valence-electron chi connectivity index (χ4n) is 3.18. The van der Waals surface area contributed by atoms with Gasteiger partial charge < -0.3 is 10.2 Å². The Morgan fingerprint density at radius 2 is 1.82 bits per heavy atom. The van der Waals surface area contributed by atoms with E-state index in [2.05, 4.69) is 24.1 Å². The number of carbonyl (C=O) groups excluding carboxylic acids is 1. The number of hydrogen-bond acceptors (Lipinski definition) is 4. The summed E-state index contributed by atoms with van der Waals surface area (Å²) in [6, 6.07) is 6.17. The lowest BCUT2D eigenvalue weighted by molar-refractivity contribution is 0.138. The number of anilines is 1. The molecule has 0 bridgehead atoms. The quantitative estimate of drug-likeness (QED) is 0.905. The molecule has 1 N–H and O–H groups in total. The van der Waals surface area contributed by atoms with Gasteiger partial charge in [-0.25, -0.2) is 17.5 Å². The molecule has 0 radical (unpaired) electrons. The molecule has 2 amide bonds. The number of para-hydroxylation sites is 1. The van der Waals surface area contributed by atoms with E-state index in [0.717, 1.165) is 17.4 Å². The third-order valence-corrected chi connectivity index (χ3v) is 6.32. The lowest BCUT2D eigenvalue weighted by Gasteiger charge is -2.40. The summed E-state index contributed by atoms with van der Waals surface area (Å²) in [6.45, 7) is 5.87. The van der Waals surface area contributed by atoms with E-state index >= 15 is 0 Å². The molecule has 1 aromatic carbocycles. The summed E-state index contributed by atoms with van der Waals surface area (Å²) < 4.78 is 26.6. The highest BCUT2D eigenvalue weighted by molar-refractivity contribution is 7.90. The van der Waals surface area contributed by atoms with Crippen LogP contribution in [-0.2, 0) is 10.0 Å². The largest absolute Gasteiger partial charge is 0.336 e. The van der Waals surface area contributed by atoms with Crippen LogP contribution in [0.25, 0.3) is 0 Å². The van der Waals surface area contributed by atoms with E-state index < -0.39 is 16.1 Å². The zero-order chi connectivity index (χ0) is 15.9. The maximum Gasteiger partial charge on any atom is 0.336 e. The number of likely N-dealkylation sites (tertiary alicyclic amines) is 1. The third kappa shape index (κ3) is 2.48. The summed E-state index contributed by atoms with van der Waals surface area (Å²) in [6.07, 6.45) is 1.35. The Morgan fingerprint density at radius 1 is 1.18 bits per heavy atom. The van der Waals surface area contributed by atoms with Gasteiger partial charge in [0.25, 0.3) is 10.0 Å². The fourth-order valence-corrected chi connectivity index (χ4v) is 4.91. The van der Waals surface area contributed by atoms with Crippen molar-refractivity contribution < 1.29 is 13.2 Å². The van der Waals surface area contributed by atoms with Gasteiger partial charge in [0, 0.05) is 19.1 Å². The molecule has 1 saturated heterocycles. The van der Waals surface area contributed by atoms with Crippen molar-refractivity contribution in [3.05, 3.63) is 24.3 Å². The Labute approximate surface area is 131 Å². The van der Waals surface area contributed by atoms with Gasteiger partial charge in [0.05, 0.1) is 11.7 Å². The third-order valence-electron chi connectivity index (χ3n) is 4.43. The first-order valence-electron chi connectivity index (χ1n) is 7.60. The van der Waals surface area contributed by atoms with Crippen molar-refractivity contribution >= 4 is 21.7 Å². The van der Waals surface area contributed by atoms with Crippen LogP contribution in [0.5, 0.6) is 0 Å². The number of hydrogen-bond donors (Lipinski definition) is 1. The number of nitrogens with zero attached hydrogens (tertiary/aromatic N) is 2. The maximum atomic E-state index is 12.8. The number of nitrogens with one attached hydrogen (secondary N) is 1. The lowest BCUT2D eigenvalue weighted by atomic mass is 10.0. The number of carbonyl (C=O) groups is 1. The van der Waals surface area contributed by atoms with Crippen LogP contribution in [0.15, 0.2) is 29.2 Å². The second-order valence-electron chi connectivity index (χ2n) is 6.09. The van der Waals surface area contributed by atoms with Crippen LogP contribution in [0.3, 0.4) is 0 Å². The van der Waals surface area contributed by atoms with Crippen molar-refractivity contribution in [1.29, 1.82) is 0 Å². The number of piperidine rings is 1. The molecular weight excluding hydrogens is 302 g/mol. The van der Waals surface area contributed by atoms with Gasteiger partial charge >= 0.3 is 6.03 Å². The van der Waals surface area contributed by atoms with Crippen molar-refractivity contribution in [2.75, 3.05) is 18.4 Å². The second kappa shape index (κ2) is 5.55. The van der Waals surface area contributed by atoms with Crippen LogP contribution < -0.4 is 5.32 Å². The van der Waals surface area contributed by atoms with E-state index in [4.69, 9.17) is 0 Å². The van der Waals surface area contributed by atoms with Gasteiger partial charge in [0.2, 0.25) is 0 Å². The Hall–Kier alpha value is -1.60. The highest BCUT2D eigenvalue weighted by atomic mass is 32.2. The Balaban J connectivity index is 1.88. The molecule has 0 atom stereocenters. The average molecular weight is 323 g/mol. The standard InChI is InChI=1S/C15H21N3O3S/c1-11(2)17-9-7-12(8-10-17)18-15(19)16-13-5-3-4-6-14(13)22(18,20)21/h3-6,11-12H,7-10H2,1-2H3,(H,16,19). The number of benzene rings is 1. The summed E-state index contributed by atoms with van der Waals surface area (Å²) in [4.78, 5) is 14.8. The van der Waals surface area contributed by atoms with Crippen LogP contribution in [-0.4, -0.2) is 48.8 Å². The molecule has 22 heavy (non-hydrogen) atoms. The van der Waals surface area contributed by atoms with E-state index in [-0.39, 0.29) is 10.9 Å². The number of urea groups is 1. The van der Waals surface area contributed by atoms with Crippen molar-refractivity contribution in [2.24, 2.45) is 0 Å². The average Bonchev–Trinajstić information content (AvgIpc) is 2.47. The van der Waals surface area contributed by atoms with Crippen molar-refractivity contribution in [3.63, 3.8) is 0 Å². The van der Waals surface area contributed by atoms with Gasteiger partial charge in [-0.2, -0.15) is 0 Å². The van der Waals surface area contributed by atoms with Gasteiger partial charge in [-0.3, -0.25) is 0 Å². The molecule has 2 aliphatic rings. The van der Waals surface area contributed by atoms with Crippen LogP contribution in [0, 0.1) is 0 Å². The SMILES string of the molecule is CC(C)N1CCC(N2C(=O)Nc3ccccc3S2(=O)=O)CC1. The minimum absolute atomic E-state index is 0.181. The smallest absolute Gasteiger partial charge is 0.306 e.